The standard InChI is InChI=1S/C15H20N2O4/c1-12-9-16(10-14(18)19)7-8-17(12)15(20)21-11-13-5-3-2-4-6-13/h2-6,12H,7-11H2,1H3,(H,18,19)/t12-/m0/s1. The highest BCUT2D eigenvalue weighted by molar-refractivity contribution is 5.70. The summed E-state index contributed by atoms with van der Waals surface area (Å²) in [6.07, 6.45) is -0.346. The van der Waals surface area contributed by atoms with Crippen LogP contribution in [0.1, 0.15) is 12.5 Å². The molecule has 1 N–H and O–H groups in total. The van der Waals surface area contributed by atoms with Crippen molar-refractivity contribution in [3.8, 4) is 0 Å². The van der Waals surface area contributed by atoms with Gasteiger partial charge in [0.2, 0.25) is 0 Å². The molecule has 21 heavy (non-hydrogen) atoms. The lowest BCUT2D eigenvalue weighted by atomic mass is 10.2. The van der Waals surface area contributed by atoms with Crippen LogP contribution in [0.2, 0.25) is 0 Å². The van der Waals surface area contributed by atoms with E-state index in [2.05, 4.69) is 0 Å². The van der Waals surface area contributed by atoms with Gasteiger partial charge in [-0.2, -0.15) is 0 Å². The number of carbonyl (C=O) groups excluding carboxylic acids is 1. The molecule has 1 aromatic carbocycles. The Morgan fingerprint density at radius 1 is 1.29 bits per heavy atom. The molecule has 0 aliphatic carbocycles. The Kier molecular flexibility index (Phi) is 5.16. The van der Waals surface area contributed by atoms with Gasteiger partial charge in [0.15, 0.2) is 0 Å². The number of amides is 1. The lowest BCUT2D eigenvalue weighted by molar-refractivity contribution is -0.138. The van der Waals surface area contributed by atoms with Crippen LogP contribution in [0.4, 0.5) is 4.79 Å². The molecular formula is C15H20N2O4. The zero-order valence-corrected chi connectivity index (χ0v) is 12.1. The molecule has 114 valence electrons. The summed E-state index contributed by atoms with van der Waals surface area (Å²) in [5, 5.41) is 8.79. The second-order valence-electron chi connectivity index (χ2n) is 5.21. The van der Waals surface area contributed by atoms with Crippen molar-refractivity contribution in [3.05, 3.63) is 35.9 Å². The van der Waals surface area contributed by atoms with Gasteiger partial charge in [-0.1, -0.05) is 30.3 Å². The van der Waals surface area contributed by atoms with E-state index in [1.54, 1.807) is 4.90 Å². The van der Waals surface area contributed by atoms with Gasteiger partial charge in [0.05, 0.1) is 6.54 Å². The first-order valence-corrected chi connectivity index (χ1v) is 6.97. The summed E-state index contributed by atoms with van der Waals surface area (Å²) < 4.78 is 5.31. The highest BCUT2D eigenvalue weighted by Gasteiger charge is 2.29. The molecule has 1 aliphatic rings. The number of piperazine rings is 1. The van der Waals surface area contributed by atoms with Gasteiger partial charge in [-0.15, -0.1) is 0 Å². The minimum absolute atomic E-state index is 0.0112. The number of hydrogen-bond acceptors (Lipinski definition) is 4. The number of aliphatic carboxylic acids is 1. The number of nitrogens with zero attached hydrogens (tertiary/aromatic N) is 2. The largest absolute Gasteiger partial charge is 0.480 e. The number of rotatable bonds is 4. The molecule has 0 aromatic heterocycles. The van der Waals surface area contributed by atoms with E-state index in [0.29, 0.717) is 19.6 Å². The minimum Gasteiger partial charge on any atom is -0.480 e. The van der Waals surface area contributed by atoms with Crippen LogP contribution in [-0.4, -0.2) is 59.2 Å². The number of hydrogen-bond donors (Lipinski definition) is 1. The van der Waals surface area contributed by atoms with E-state index in [-0.39, 0.29) is 25.3 Å². The number of carboxylic acid groups (broad SMARTS) is 1. The molecule has 1 saturated heterocycles. The summed E-state index contributed by atoms with van der Waals surface area (Å²) in [5.41, 5.74) is 0.947. The first kappa shape index (κ1) is 15.3. The second-order valence-corrected chi connectivity index (χ2v) is 5.21. The normalized spacial score (nSPS) is 19.3. The van der Waals surface area contributed by atoms with E-state index < -0.39 is 5.97 Å². The predicted octanol–water partition coefficient (Wildman–Crippen LogP) is 1.41. The molecule has 1 amide bonds. The van der Waals surface area contributed by atoms with Crippen molar-refractivity contribution >= 4 is 12.1 Å². The van der Waals surface area contributed by atoms with E-state index in [1.165, 1.54) is 0 Å². The third kappa shape index (κ3) is 4.46. The molecule has 1 aromatic rings. The maximum atomic E-state index is 12.1. The lowest BCUT2D eigenvalue weighted by Gasteiger charge is -2.38. The van der Waals surface area contributed by atoms with E-state index in [4.69, 9.17) is 9.84 Å². The number of benzene rings is 1. The molecule has 1 heterocycles. The van der Waals surface area contributed by atoms with Crippen LogP contribution in [0.3, 0.4) is 0 Å². The Hall–Kier alpha value is -2.08. The molecule has 1 aliphatic heterocycles. The lowest BCUT2D eigenvalue weighted by Crippen LogP contribution is -2.54. The fourth-order valence-electron chi connectivity index (χ4n) is 2.44. The van der Waals surface area contributed by atoms with Gasteiger partial charge < -0.3 is 14.7 Å². The summed E-state index contributed by atoms with van der Waals surface area (Å²) in [6.45, 7) is 3.75. The van der Waals surface area contributed by atoms with Crippen molar-refractivity contribution < 1.29 is 19.4 Å². The van der Waals surface area contributed by atoms with Gasteiger partial charge in [0, 0.05) is 25.7 Å². The van der Waals surface area contributed by atoms with Crippen LogP contribution in [0.15, 0.2) is 30.3 Å². The summed E-state index contributed by atoms with van der Waals surface area (Å²) >= 11 is 0. The first-order chi connectivity index (χ1) is 10.1. The van der Waals surface area contributed by atoms with Crippen molar-refractivity contribution in [2.75, 3.05) is 26.2 Å². The van der Waals surface area contributed by atoms with E-state index in [1.807, 2.05) is 42.2 Å². The maximum Gasteiger partial charge on any atom is 0.410 e. The van der Waals surface area contributed by atoms with Crippen LogP contribution in [0.5, 0.6) is 0 Å². The molecule has 6 heteroatoms. The molecule has 0 spiro atoms. The van der Waals surface area contributed by atoms with Crippen LogP contribution in [-0.2, 0) is 16.1 Å². The van der Waals surface area contributed by atoms with Gasteiger partial charge in [-0.3, -0.25) is 9.69 Å². The molecule has 0 bridgehead atoms. The Labute approximate surface area is 123 Å². The fraction of sp³-hybridized carbons (Fsp3) is 0.467. The van der Waals surface area contributed by atoms with Crippen LogP contribution in [0, 0.1) is 0 Å². The van der Waals surface area contributed by atoms with Gasteiger partial charge in [0.25, 0.3) is 0 Å². The molecular weight excluding hydrogens is 272 g/mol. The highest BCUT2D eigenvalue weighted by Crippen LogP contribution is 2.12. The zero-order valence-electron chi connectivity index (χ0n) is 12.1. The average Bonchev–Trinajstić information content (AvgIpc) is 2.45. The monoisotopic (exact) mass is 292 g/mol. The molecule has 0 radical (unpaired) electrons. The minimum atomic E-state index is -0.845. The van der Waals surface area contributed by atoms with Crippen molar-refractivity contribution in [1.29, 1.82) is 0 Å². The van der Waals surface area contributed by atoms with E-state index >= 15 is 0 Å². The van der Waals surface area contributed by atoms with Crippen molar-refractivity contribution in [2.45, 2.75) is 19.6 Å². The van der Waals surface area contributed by atoms with Gasteiger partial charge in [-0.25, -0.2) is 4.79 Å². The number of ether oxygens (including phenoxy) is 1. The van der Waals surface area contributed by atoms with Gasteiger partial charge in [-0.05, 0) is 12.5 Å². The number of carboxylic acids is 1. The quantitative estimate of drug-likeness (QED) is 0.908. The molecule has 1 atom stereocenters. The second kappa shape index (κ2) is 7.08. The molecule has 0 unspecified atom stereocenters. The van der Waals surface area contributed by atoms with Gasteiger partial charge in [0.1, 0.15) is 6.61 Å². The van der Waals surface area contributed by atoms with E-state index in [0.717, 1.165) is 5.56 Å². The third-order valence-corrected chi connectivity index (χ3v) is 3.51. The predicted molar refractivity (Wildman–Crippen MR) is 76.9 cm³/mol. The topological polar surface area (TPSA) is 70.1 Å². The van der Waals surface area contributed by atoms with Crippen molar-refractivity contribution in [3.63, 3.8) is 0 Å². The first-order valence-electron chi connectivity index (χ1n) is 6.97. The van der Waals surface area contributed by atoms with Crippen molar-refractivity contribution in [1.82, 2.24) is 9.80 Å². The van der Waals surface area contributed by atoms with Crippen molar-refractivity contribution in [2.24, 2.45) is 0 Å². The van der Waals surface area contributed by atoms with Gasteiger partial charge >= 0.3 is 12.1 Å². The summed E-state index contributed by atoms with van der Waals surface area (Å²) in [6, 6.07) is 9.46. The average molecular weight is 292 g/mol. The Balaban J connectivity index is 1.82. The summed E-state index contributed by atoms with van der Waals surface area (Å²) in [4.78, 5) is 26.3. The van der Waals surface area contributed by atoms with Crippen LogP contribution in [0.25, 0.3) is 0 Å². The Bertz CT molecular complexity index is 492. The summed E-state index contributed by atoms with van der Waals surface area (Å²) in [5.74, 6) is -0.845. The zero-order chi connectivity index (χ0) is 15.2. The Morgan fingerprint density at radius 2 is 2.00 bits per heavy atom. The molecule has 2 rings (SSSR count). The van der Waals surface area contributed by atoms with E-state index in [9.17, 15) is 9.59 Å². The van der Waals surface area contributed by atoms with Crippen LogP contribution >= 0.6 is 0 Å². The number of carbonyl (C=O) groups is 2. The molecule has 6 nitrogen and oxygen atoms in total. The highest BCUT2D eigenvalue weighted by atomic mass is 16.6. The van der Waals surface area contributed by atoms with Crippen LogP contribution < -0.4 is 0 Å². The SMILES string of the molecule is C[C@H]1CN(CC(=O)O)CCN1C(=O)OCc1ccccc1. The third-order valence-electron chi connectivity index (χ3n) is 3.51. The fourth-order valence-corrected chi connectivity index (χ4v) is 2.44. The maximum absolute atomic E-state index is 12.1. The Morgan fingerprint density at radius 3 is 2.62 bits per heavy atom. The summed E-state index contributed by atoms with van der Waals surface area (Å²) in [7, 11) is 0. The molecule has 1 fully saturated rings. The smallest absolute Gasteiger partial charge is 0.410 e. The molecule has 0 saturated carbocycles.